The van der Waals surface area contributed by atoms with Crippen LogP contribution in [-0.4, -0.2) is 215 Å². The van der Waals surface area contributed by atoms with Crippen LogP contribution in [0, 0.1) is 17.8 Å². The highest BCUT2D eigenvalue weighted by Gasteiger charge is 2.49. The number of carbonyl (C=O) groups is 11. The topological polar surface area (TPSA) is 259 Å². The lowest BCUT2D eigenvalue weighted by Crippen LogP contribution is -2.64. The molecule has 22 nitrogen and oxygen atoms in total. The van der Waals surface area contributed by atoms with E-state index in [9.17, 15) is 65.9 Å². The number of carbonyl (C=O) groups excluding carboxylic acids is 11. The van der Waals surface area contributed by atoms with E-state index in [0.717, 1.165) is 58.9 Å². The highest BCUT2D eigenvalue weighted by atomic mass is 35.5. The van der Waals surface area contributed by atoms with Gasteiger partial charge in [-0.2, -0.15) is 13.2 Å². The Labute approximate surface area is 527 Å². The van der Waals surface area contributed by atoms with Crippen molar-refractivity contribution in [3.05, 3.63) is 34.3 Å². The second-order valence-electron chi connectivity index (χ2n) is 25.7. The molecule has 1 aromatic carbocycles. The van der Waals surface area contributed by atoms with E-state index in [2.05, 4.69) is 21.3 Å². The van der Waals surface area contributed by atoms with Gasteiger partial charge in [-0.15, -0.1) is 0 Å². The molecule has 4 fully saturated rings. The van der Waals surface area contributed by atoms with Crippen molar-refractivity contribution in [3.8, 4) is 0 Å². The SMILES string of the molecule is CCCN1C(=O)C[C@@H](C)NC(=O)[C@H](C(C)C)N(C)C(=O)C2(CCCC2)NC(=O)[C@@H]2CCCN2C(=O)[C@H](CCc2ccc(C(F)(F)F)c(Cl)c2)NC(=O)CN(C)C(=O)[C@H](CC2CCCCC2)N(C)C(=O)CN(C)C(=O)CN(C)C(=O)[C@H]([C@@H](C)CC)NC(=O)[C@@H]1C. The molecule has 1 aromatic rings. The number of nitrogens with zero attached hydrogens (tertiary/aromatic N) is 7. The molecular weight excluding hydrogens is 1180 g/mol. The molecule has 2 aliphatic heterocycles. The Kier molecular flexibility index (Phi) is 26.7. The summed E-state index contributed by atoms with van der Waals surface area (Å²) in [6, 6.07) is -4.58. The average molecular weight is 1280 g/mol. The number of alkyl halides is 3. The van der Waals surface area contributed by atoms with Gasteiger partial charge in [-0.1, -0.05) is 104 Å². The first-order valence-electron chi connectivity index (χ1n) is 31.7. The third-order valence-corrected chi connectivity index (χ3v) is 18.7. The molecule has 2 heterocycles. The lowest BCUT2D eigenvalue weighted by atomic mass is 9.84. The number of hydrogen-bond donors (Lipinski definition) is 4. The largest absolute Gasteiger partial charge is 0.417 e. The number of rotatable bonds is 10. The summed E-state index contributed by atoms with van der Waals surface area (Å²) >= 11 is 6.11. The van der Waals surface area contributed by atoms with Crippen LogP contribution in [0.5, 0.6) is 0 Å². The summed E-state index contributed by atoms with van der Waals surface area (Å²) in [4.78, 5) is 167. The summed E-state index contributed by atoms with van der Waals surface area (Å²) in [6.07, 6.45) is 2.34. The van der Waals surface area contributed by atoms with Gasteiger partial charge in [0.05, 0.1) is 30.2 Å². The van der Waals surface area contributed by atoms with Crippen molar-refractivity contribution in [1.29, 1.82) is 0 Å². The van der Waals surface area contributed by atoms with Crippen molar-refractivity contribution in [2.75, 3.05) is 68.0 Å². The Morgan fingerprint density at radius 2 is 1.31 bits per heavy atom. The number of hydrogen-bond acceptors (Lipinski definition) is 11. The molecule has 26 heteroatoms. The van der Waals surface area contributed by atoms with E-state index in [1.54, 1.807) is 27.7 Å². The first-order valence-corrected chi connectivity index (χ1v) is 32.1. The average Bonchev–Trinajstić information content (AvgIpc) is 1.94. The van der Waals surface area contributed by atoms with Gasteiger partial charge in [-0.05, 0) is 101 Å². The van der Waals surface area contributed by atoms with Crippen LogP contribution in [0.4, 0.5) is 13.2 Å². The van der Waals surface area contributed by atoms with Crippen LogP contribution in [-0.2, 0) is 65.3 Å². The second-order valence-corrected chi connectivity index (χ2v) is 26.1. The van der Waals surface area contributed by atoms with E-state index < -0.39 is 161 Å². The molecule has 2 saturated heterocycles. The first-order chi connectivity index (χ1) is 41.8. The van der Waals surface area contributed by atoms with Crippen molar-refractivity contribution >= 4 is 76.6 Å². The fraction of sp³-hybridized carbons (Fsp3) is 0.730. The minimum Gasteiger partial charge on any atom is -0.351 e. The molecule has 0 unspecified atom stereocenters. The van der Waals surface area contributed by atoms with E-state index in [1.165, 1.54) is 67.8 Å². The van der Waals surface area contributed by atoms with Gasteiger partial charge < -0.3 is 55.6 Å². The van der Waals surface area contributed by atoms with Crippen LogP contribution in [0.1, 0.15) is 162 Å². The minimum atomic E-state index is -4.74. The van der Waals surface area contributed by atoms with Crippen LogP contribution in [0.3, 0.4) is 0 Å². The summed E-state index contributed by atoms with van der Waals surface area (Å²) < 4.78 is 41.3. The summed E-state index contributed by atoms with van der Waals surface area (Å²) in [5.41, 5.74) is -2.25. The monoisotopic (exact) mass is 1280 g/mol. The Hall–Kier alpha value is -6.53. The van der Waals surface area contributed by atoms with Crippen LogP contribution < -0.4 is 21.3 Å². The molecule has 2 saturated carbocycles. The van der Waals surface area contributed by atoms with Gasteiger partial charge in [0.25, 0.3) is 0 Å². The molecule has 5 rings (SSSR count). The zero-order chi connectivity index (χ0) is 66.4. The van der Waals surface area contributed by atoms with Crippen LogP contribution in [0.15, 0.2) is 18.2 Å². The first kappa shape index (κ1) is 73.2. The fourth-order valence-corrected chi connectivity index (χ4v) is 13.2. The Morgan fingerprint density at radius 3 is 1.91 bits per heavy atom. The third kappa shape index (κ3) is 19.0. The van der Waals surface area contributed by atoms with Gasteiger partial charge in [-0.25, -0.2) is 0 Å². The molecule has 8 atom stereocenters. The van der Waals surface area contributed by atoms with E-state index in [-0.39, 0.29) is 64.0 Å². The molecule has 2 aliphatic carbocycles. The maximum absolute atomic E-state index is 15.0. The molecule has 0 aromatic heterocycles. The predicted octanol–water partition coefficient (Wildman–Crippen LogP) is 4.92. The number of amides is 11. The molecule has 0 radical (unpaired) electrons. The summed E-state index contributed by atoms with van der Waals surface area (Å²) in [7, 11) is 7.06. The van der Waals surface area contributed by atoms with Gasteiger partial charge in [-0.3, -0.25) is 52.7 Å². The zero-order valence-corrected chi connectivity index (χ0v) is 55.0. The number of halogens is 4. The van der Waals surface area contributed by atoms with Crippen LogP contribution >= 0.6 is 11.6 Å². The molecular formula is C63H97ClF3N11O11. The molecule has 11 amide bonds. The number of likely N-dealkylation sites (N-methyl/N-ethyl adjacent to an activating group) is 5. The number of nitrogens with one attached hydrogen (secondary N) is 4. The summed E-state index contributed by atoms with van der Waals surface area (Å²) in [5.74, 6) is -7.69. The smallest absolute Gasteiger partial charge is 0.351 e. The Balaban J connectivity index is 1.54. The fourth-order valence-electron chi connectivity index (χ4n) is 12.9. The van der Waals surface area contributed by atoms with Crippen LogP contribution in [0.2, 0.25) is 5.02 Å². The quantitative estimate of drug-likeness (QED) is 0.245. The standard InChI is InChI=1S/C63H97ClF3N11O11/c1-13-30-77-41(7)55(83)70-53(39(5)14-2)60(88)74(10)36-51(81)72(8)37-52(82)75(11)48(34-42-21-16-15-17-22-42)59(87)73(9)35-49(79)69-46(27-25-43-24-26-44(45(64)33-43)63(65,66)67)58(86)78-31-20-23-47(78)56(84)71-62(28-18-19-29-62)61(89)76(12)54(38(3)4)57(85)68-40(6)32-50(77)80/h24,26,33,38-42,46-48,53-54H,13-23,25,27-32,34-37H2,1-12H3,(H,68,85)(H,69,79)(H,70,83)(H,71,84)/t39-,40+,41-,46-,47-,48-,53-,54-/m0/s1. The Morgan fingerprint density at radius 1 is 0.685 bits per heavy atom. The van der Waals surface area contributed by atoms with Crippen molar-refractivity contribution < 1.29 is 65.9 Å². The van der Waals surface area contributed by atoms with Gasteiger partial charge >= 0.3 is 6.18 Å². The van der Waals surface area contributed by atoms with Crippen molar-refractivity contribution in [2.45, 2.75) is 212 Å². The predicted molar refractivity (Wildman–Crippen MR) is 328 cm³/mol. The number of aryl methyl sites for hydroxylation is 1. The normalized spacial score (nSPS) is 26.4. The van der Waals surface area contributed by atoms with Gasteiger partial charge in [0.15, 0.2) is 0 Å². The van der Waals surface area contributed by atoms with E-state index in [0.29, 0.717) is 37.7 Å². The maximum atomic E-state index is 15.0. The van der Waals surface area contributed by atoms with Gasteiger partial charge in [0.1, 0.15) is 41.8 Å². The molecule has 1 spiro atoms. The zero-order valence-electron chi connectivity index (χ0n) is 54.2. The number of benzene rings is 1. The Bertz CT molecular complexity index is 2720. The van der Waals surface area contributed by atoms with E-state index in [4.69, 9.17) is 11.6 Å². The summed E-state index contributed by atoms with van der Waals surface area (Å²) in [6.45, 7) is 10.7. The molecule has 4 N–H and O–H groups in total. The lowest BCUT2D eigenvalue weighted by molar-refractivity contribution is -0.149. The van der Waals surface area contributed by atoms with E-state index >= 15 is 0 Å². The van der Waals surface area contributed by atoms with Gasteiger partial charge in [0.2, 0.25) is 65.0 Å². The maximum Gasteiger partial charge on any atom is 0.417 e. The second kappa shape index (κ2) is 32.5. The molecule has 498 valence electrons. The summed E-state index contributed by atoms with van der Waals surface area (Å²) in [5, 5.41) is 10.9. The molecule has 0 bridgehead atoms. The van der Waals surface area contributed by atoms with E-state index in [1.807, 2.05) is 13.8 Å². The highest BCUT2D eigenvalue weighted by molar-refractivity contribution is 6.31. The molecule has 4 aliphatic rings. The highest BCUT2D eigenvalue weighted by Crippen LogP contribution is 2.37. The lowest BCUT2D eigenvalue weighted by Gasteiger charge is -2.39. The van der Waals surface area contributed by atoms with Crippen molar-refractivity contribution in [1.82, 2.24) is 55.6 Å². The number of fused-ring (bicyclic) bond motifs is 1. The van der Waals surface area contributed by atoms with Crippen molar-refractivity contribution in [2.24, 2.45) is 17.8 Å². The van der Waals surface area contributed by atoms with Gasteiger partial charge in [0, 0.05) is 60.8 Å². The third-order valence-electron chi connectivity index (χ3n) is 18.4. The minimum absolute atomic E-state index is 0.0354. The van der Waals surface area contributed by atoms with Crippen molar-refractivity contribution in [3.63, 3.8) is 0 Å². The van der Waals surface area contributed by atoms with Crippen LogP contribution in [0.25, 0.3) is 0 Å². The molecule has 89 heavy (non-hydrogen) atoms.